The molecule has 1 rings (SSSR count). The molecule has 2 atom stereocenters. The molecule has 0 spiro atoms. The first-order chi connectivity index (χ1) is 8.74. The largest absolute Gasteiger partial charge is 0.376 e. The molecule has 18 heavy (non-hydrogen) atoms. The summed E-state index contributed by atoms with van der Waals surface area (Å²) in [5.74, 6) is -0.0399. The quantitative estimate of drug-likeness (QED) is 0.629. The van der Waals surface area contributed by atoms with Gasteiger partial charge in [0.2, 0.25) is 5.91 Å². The van der Waals surface area contributed by atoms with E-state index in [9.17, 15) is 4.79 Å². The molecule has 1 aliphatic heterocycles. The summed E-state index contributed by atoms with van der Waals surface area (Å²) in [4.78, 5) is 11.7. The summed E-state index contributed by atoms with van der Waals surface area (Å²) in [6.07, 6.45) is 4.07. The van der Waals surface area contributed by atoms with Gasteiger partial charge in [0.25, 0.3) is 0 Å². The molecule has 0 aliphatic carbocycles. The Bertz CT molecular complexity index is 230. The molecule has 0 saturated carbocycles. The Morgan fingerprint density at radius 2 is 2.28 bits per heavy atom. The van der Waals surface area contributed by atoms with Crippen LogP contribution in [0.2, 0.25) is 0 Å². The van der Waals surface area contributed by atoms with E-state index in [-0.39, 0.29) is 12.0 Å². The Kier molecular flexibility index (Phi) is 7.96. The van der Waals surface area contributed by atoms with Crippen LogP contribution in [0.1, 0.15) is 32.6 Å². The average molecular weight is 258 g/mol. The number of carbonyl (C=O) groups excluding carboxylic acids is 1. The topological polar surface area (TPSA) is 59.6 Å². The van der Waals surface area contributed by atoms with Gasteiger partial charge in [-0.25, -0.2) is 0 Å². The molecule has 5 nitrogen and oxygen atoms in total. The van der Waals surface area contributed by atoms with Crippen LogP contribution >= 0.6 is 0 Å². The molecule has 1 saturated heterocycles. The van der Waals surface area contributed by atoms with Crippen LogP contribution in [0.5, 0.6) is 0 Å². The van der Waals surface area contributed by atoms with Gasteiger partial charge >= 0.3 is 0 Å². The minimum absolute atomic E-state index is 0.0399. The van der Waals surface area contributed by atoms with E-state index in [1.54, 1.807) is 6.92 Å². The van der Waals surface area contributed by atoms with Crippen molar-refractivity contribution < 1.29 is 14.3 Å². The van der Waals surface area contributed by atoms with Crippen LogP contribution < -0.4 is 10.6 Å². The summed E-state index contributed by atoms with van der Waals surface area (Å²) in [5, 5.41) is 5.90. The highest BCUT2D eigenvalue weighted by Gasteiger charge is 2.18. The number of carbonyl (C=O) groups is 1. The number of ether oxygens (including phenoxy) is 2. The second-order valence-corrected chi connectivity index (χ2v) is 4.71. The van der Waals surface area contributed by atoms with E-state index in [2.05, 4.69) is 10.6 Å². The van der Waals surface area contributed by atoms with Crippen LogP contribution in [-0.2, 0) is 14.3 Å². The van der Waals surface area contributed by atoms with Gasteiger partial charge in [-0.3, -0.25) is 4.79 Å². The van der Waals surface area contributed by atoms with Gasteiger partial charge in [0, 0.05) is 13.2 Å². The summed E-state index contributed by atoms with van der Waals surface area (Å²) in [6.45, 7) is 4.72. The predicted molar refractivity (Wildman–Crippen MR) is 70.6 cm³/mol. The predicted octanol–water partition coefficient (Wildman–Crippen LogP) is 0.686. The summed E-state index contributed by atoms with van der Waals surface area (Å²) >= 11 is 0. The van der Waals surface area contributed by atoms with Crippen molar-refractivity contribution in [2.75, 3.05) is 33.4 Å². The fourth-order valence-corrected chi connectivity index (χ4v) is 1.89. The smallest absolute Gasteiger partial charge is 0.248 e. The normalized spacial score (nSPS) is 21.6. The SMILES string of the molecule is CNCCCNC(=O)C(C)OCC1CCCCO1. The fraction of sp³-hybridized carbons (Fsp3) is 0.923. The standard InChI is InChI=1S/C13H26N2O3/c1-11(13(16)15-8-5-7-14-2)18-10-12-6-3-4-9-17-12/h11-12,14H,3-10H2,1-2H3,(H,15,16). The maximum Gasteiger partial charge on any atom is 0.248 e. The van der Waals surface area contributed by atoms with Gasteiger partial charge in [-0.15, -0.1) is 0 Å². The van der Waals surface area contributed by atoms with Crippen molar-refractivity contribution in [3.8, 4) is 0 Å². The van der Waals surface area contributed by atoms with E-state index in [1.165, 1.54) is 6.42 Å². The molecule has 0 radical (unpaired) electrons. The summed E-state index contributed by atoms with van der Waals surface area (Å²) < 4.78 is 11.1. The van der Waals surface area contributed by atoms with Crippen LogP contribution in [-0.4, -0.2) is 51.5 Å². The number of rotatable bonds is 8. The highest BCUT2D eigenvalue weighted by molar-refractivity contribution is 5.80. The van der Waals surface area contributed by atoms with E-state index >= 15 is 0 Å². The van der Waals surface area contributed by atoms with Crippen LogP contribution in [0.4, 0.5) is 0 Å². The Balaban J connectivity index is 2.07. The first kappa shape index (κ1) is 15.4. The molecule has 106 valence electrons. The maximum absolute atomic E-state index is 11.7. The van der Waals surface area contributed by atoms with E-state index in [1.807, 2.05) is 7.05 Å². The third kappa shape index (κ3) is 6.33. The molecule has 0 bridgehead atoms. The van der Waals surface area contributed by atoms with Gasteiger partial charge in [0.15, 0.2) is 0 Å². The van der Waals surface area contributed by atoms with Crippen LogP contribution in [0, 0.1) is 0 Å². The second-order valence-electron chi connectivity index (χ2n) is 4.71. The number of amides is 1. The van der Waals surface area contributed by atoms with Gasteiger partial charge < -0.3 is 20.1 Å². The number of hydrogen-bond acceptors (Lipinski definition) is 4. The van der Waals surface area contributed by atoms with Crippen molar-refractivity contribution in [2.24, 2.45) is 0 Å². The molecule has 1 amide bonds. The number of hydrogen-bond donors (Lipinski definition) is 2. The van der Waals surface area contributed by atoms with Crippen molar-refractivity contribution in [1.29, 1.82) is 0 Å². The zero-order chi connectivity index (χ0) is 13.2. The lowest BCUT2D eigenvalue weighted by Crippen LogP contribution is -2.37. The molecule has 0 aromatic carbocycles. The molecular formula is C13H26N2O3. The lowest BCUT2D eigenvalue weighted by molar-refractivity contribution is -0.135. The van der Waals surface area contributed by atoms with Crippen LogP contribution in [0.25, 0.3) is 0 Å². The van der Waals surface area contributed by atoms with Gasteiger partial charge in [-0.1, -0.05) is 0 Å². The van der Waals surface area contributed by atoms with Crippen molar-refractivity contribution in [3.05, 3.63) is 0 Å². The van der Waals surface area contributed by atoms with Gasteiger partial charge in [-0.2, -0.15) is 0 Å². The average Bonchev–Trinajstić information content (AvgIpc) is 2.42. The van der Waals surface area contributed by atoms with Crippen molar-refractivity contribution in [3.63, 3.8) is 0 Å². The lowest BCUT2D eigenvalue weighted by atomic mass is 10.1. The van der Waals surface area contributed by atoms with E-state index in [0.717, 1.165) is 32.4 Å². The molecule has 0 aromatic rings. The van der Waals surface area contributed by atoms with E-state index < -0.39 is 6.10 Å². The highest BCUT2D eigenvalue weighted by Crippen LogP contribution is 2.13. The molecule has 2 N–H and O–H groups in total. The summed E-state index contributed by atoms with van der Waals surface area (Å²) in [6, 6.07) is 0. The first-order valence-corrected chi connectivity index (χ1v) is 6.89. The number of nitrogens with one attached hydrogen (secondary N) is 2. The van der Waals surface area contributed by atoms with Gasteiger partial charge in [-0.05, 0) is 46.2 Å². The summed E-state index contributed by atoms with van der Waals surface area (Å²) in [5.41, 5.74) is 0. The van der Waals surface area contributed by atoms with E-state index in [4.69, 9.17) is 9.47 Å². The van der Waals surface area contributed by atoms with Crippen LogP contribution in [0.3, 0.4) is 0 Å². The van der Waals surface area contributed by atoms with Crippen LogP contribution in [0.15, 0.2) is 0 Å². The highest BCUT2D eigenvalue weighted by atomic mass is 16.5. The second kappa shape index (κ2) is 9.30. The zero-order valence-electron chi connectivity index (χ0n) is 11.5. The third-order valence-electron chi connectivity index (χ3n) is 3.08. The Hall–Kier alpha value is -0.650. The molecule has 2 unspecified atom stereocenters. The minimum Gasteiger partial charge on any atom is -0.376 e. The first-order valence-electron chi connectivity index (χ1n) is 6.89. The maximum atomic E-state index is 11.7. The van der Waals surface area contributed by atoms with Gasteiger partial charge in [0.1, 0.15) is 6.10 Å². The lowest BCUT2D eigenvalue weighted by Gasteiger charge is -2.23. The Labute approximate surface area is 110 Å². The molecule has 1 heterocycles. The molecular weight excluding hydrogens is 232 g/mol. The molecule has 5 heteroatoms. The Morgan fingerprint density at radius 1 is 1.44 bits per heavy atom. The third-order valence-corrected chi connectivity index (χ3v) is 3.08. The minimum atomic E-state index is -0.398. The van der Waals surface area contributed by atoms with Gasteiger partial charge in [0.05, 0.1) is 12.7 Å². The van der Waals surface area contributed by atoms with E-state index in [0.29, 0.717) is 13.2 Å². The molecule has 1 aliphatic rings. The zero-order valence-corrected chi connectivity index (χ0v) is 11.5. The fourth-order valence-electron chi connectivity index (χ4n) is 1.89. The molecule has 1 fully saturated rings. The molecule has 0 aromatic heterocycles. The van der Waals surface area contributed by atoms with Crippen molar-refractivity contribution in [1.82, 2.24) is 10.6 Å². The monoisotopic (exact) mass is 258 g/mol. The van der Waals surface area contributed by atoms with Crippen molar-refractivity contribution >= 4 is 5.91 Å². The summed E-state index contributed by atoms with van der Waals surface area (Å²) in [7, 11) is 1.90. The van der Waals surface area contributed by atoms with Crippen molar-refractivity contribution in [2.45, 2.75) is 44.8 Å². The Morgan fingerprint density at radius 3 is 2.94 bits per heavy atom.